The fourth-order valence-corrected chi connectivity index (χ4v) is 7.83. The summed E-state index contributed by atoms with van der Waals surface area (Å²) in [6.07, 6.45) is 16.3. The largest absolute Gasteiger partial charge is 0.496 e. The number of nitrogens with one attached hydrogen (secondary N) is 1. The number of rotatable bonds is 10. The fraction of sp³-hybridized carbons (Fsp3) is 0.463. The van der Waals surface area contributed by atoms with Crippen molar-refractivity contribution in [3.05, 3.63) is 76.5 Å². The second kappa shape index (κ2) is 16.5. The van der Waals surface area contributed by atoms with Crippen LogP contribution in [0.5, 0.6) is 11.5 Å². The number of aliphatic hydroxyl groups excluding tert-OH is 1. The van der Waals surface area contributed by atoms with Crippen molar-refractivity contribution in [1.82, 2.24) is 24.1 Å². The van der Waals surface area contributed by atoms with Crippen molar-refractivity contribution in [2.45, 2.75) is 82.3 Å². The Morgan fingerprint density at radius 2 is 1.35 bits per heavy atom. The number of pyridine rings is 1. The molecule has 290 valence electrons. The van der Waals surface area contributed by atoms with Crippen molar-refractivity contribution in [1.29, 1.82) is 0 Å². The van der Waals surface area contributed by atoms with Crippen molar-refractivity contribution in [3.8, 4) is 11.5 Å². The molecule has 1 amide bonds. The SMILES string of the molecule is COC(=O)c1cc2cn(C3CCC(CO)CC3)nc2cc1OC.COc1cc2nn(C3CCC(C=O)CC3)cc2cc1C(=O)Nc1cccn(C2CC2)c1=O. The Bertz CT molecular complexity index is 2240. The van der Waals surface area contributed by atoms with Crippen LogP contribution in [-0.2, 0) is 9.53 Å². The number of carbonyl (C=O) groups is 3. The summed E-state index contributed by atoms with van der Waals surface area (Å²) in [6, 6.07) is 11.3. The summed E-state index contributed by atoms with van der Waals surface area (Å²) in [5, 5.41) is 23.1. The van der Waals surface area contributed by atoms with E-state index in [4.69, 9.17) is 19.3 Å². The number of amides is 1. The number of esters is 1. The van der Waals surface area contributed by atoms with Gasteiger partial charge in [0.05, 0.1) is 50.0 Å². The number of hydrogen-bond acceptors (Lipinski definition) is 10. The van der Waals surface area contributed by atoms with E-state index in [0.717, 1.165) is 92.3 Å². The molecule has 8 rings (SSSR count). The van der Waals surface area contributed by atoms with Crippen molar-refractivity contribution in [2.75, 3.05) is 33.3 Å². The number of benzene rings is 2. The Balaban J connectivity index is 0.000000179. The van der Waals surface area contributed by atoms with Crippen LogP contribution in [0.4, 0.5) is 5.69 Å². The van der Waals surface area contributed by atoms with Gasteiger partial charge < -0.3 is 34.0 Å². The third-order valence-corrected chi connectivity index (χ3v) is 11.3. The molecule has 5 aromatic rings. The molecule has 0 unspecified atom stereocenters. The van der Waals surface area contributed by atoms with E-state index in [2.05, 4.69) is 10.4 Å². The van der Waals surface area contributed by atoms with Gasteiger partial charge in [-0.25, -0.2) is 4.79 Å². The van der Waals surface area contributed by atoms with E-state index in [1.54, 1.807) is 47.2 Å². The van der Waals surface area contributed by atoms with E-state index >= 15 is 0 Å². The number of fused-ring (bicyclic) bond motifs is 2. The highest BCUT2D eigenvalue weighted by Crippen LogP contribution is 2.36. The number of carbonyl (C=O) groups excluding carboxylic acids is 3. The zero-order valence-corrected chi connectivity index (χ0v) is 31.5. The quantitative estimate of drug-likeness (QED) is 0.122. The molecule has 0 saturated heterocycles. The van der Waals surface area contributed by atoms with Crippen LogP contribution < -0.4 is 20.3 Å². The van der Waals surface area contributed by atoms with Gasteiger partial charge in [-0.1, -0.05) is 0 Å². The van der Waals surface area contributed by atoms with Gasteiger partial charge in [0.2, 0.25) is 0 Å². The zero-order valence-electron chi connectivity index (χ0n) is 31.5. The van der Waals surface area contributed by atoms with Gasteiger partial charge in [-0.05, 0) is 94.4 Å². The van der Waals surface area contributed by atoms with Crippen LogP contribution in [-0.4, -0.2) is 75.3 Å². The van der Waals surface area contributed by atoms with Crippen LogP contribution in [0.1, 0.15) is 103 Å². The lowest BCUT2D eigenvalue weighted by Crippen LogP contribution is -2.25. The molecule has 2 aromatic carbocycles. The predicted octanol–water partition coefficient (Wildman–Crippen LogP) is 6.28. The summed E-state index contributed by atoms with van der Waals surface area (Å²) in [5.41, 5.74) is 2.37. The molecule has 0 spiro atoms. The van der Waals surface area contributed by atoms with Crippen LogP contribution in [0.3, 0.4) is 0 Å². The van der Waals surface area contributed by atoms with Gasteiger partial charge >= 0.3 is 5.97 Å². The van der Waals surface area contributed by atoms with Gasteiger partial charge in [-0.15, -0.1) is 0 Å². The number of anilines is 1. The molecular weight excluding hydrogens is 704 g/mol. The number of methoxy groups -OCH3 is 3. The van der Waals surface area contributed by atoms with E-state index in [0.29, 0.717) is 34.6 Å². The van der Waals surface area contributed by atoms with Crippen molar-refractivity contribution in [2.24, 2.45) is 11.8 Å². The van der Waals surface area contributed by atoms with E-state index in [1.165, 1.54) is 21.3 Å². The Kier molecular flexibility index (Phi) is 11.3. The summed E-state index contributed by atoms with van der Waals surface area (Å²) in [6.45, 7) is 0.271. The predicted molar refractivity (Wildman–Crippen MR) is 206 cm³/mol. The van der Waals surface area contributed by atoms with Gasteiger partial charge in [0.25, 0.3) is 11.5 Å². The first-order chi connectivity index (χ1) is 26.7. The average Bonchev–Trinajstić information content (AvgIpc) is 3.85. The summed E-state index contributed by atoms with van der Waals surface area (Å²) in [5.74, 6) is 0.631. The van der Waals surface area contributed by atoms with Gasteiger partial charge in [0.1, 0.15) is 29.0 Å². The number of aromatic nitrogens is 5. The first-order valence-corrected chi connectivity index (χ1v) is 19.0. The second-order valence-electron chi connectivity index (χ2n) is 14.8. The molecule has 2 N–H and O–H groups in total. The smallest absolute Gasteiger partial charge is 0.341 e. The number of nitrogens with zero attached hydrogens (tertiary/aromatic N) is 5. The molecule has 3 heterocycles. The Morgan fingerprint density at radius 1 is 0.800 bits per heavy atom. The highest BCUT2D eigenvalue weighted by molar-refractivity contribution is 6.08. The van der Waals surface area contributed by atoms with Crippen molar-refractivity contribution >= 4 is 45.7 Å². The van der Waals surface area contributed by atoms with Crippen LogP contribution in [0, 0.1) is 11.8 Å². The molecule has 14 nitrogen and oxygen atoms in total. The molecule has 0 atom stereocenters. The molecule has 3 aliphatic carbocycles. The zero-order chi connectivity index (χ0) is 38.6. The normalized spacial score (nSPS) is 21.0. The van der Waals surface area contributed by atoms with Gasteiger partial charge in [0.15, 0.2) is 0 Å². The van der Waals surface area contributed by atoms with Crippen LogP contribution in [0.2, 0.25) is 0 Å². The highest BCUT2D eigenvalue weighted by Gasteiger charge is 2.27. The summed E-state index contributed by atoms with van der Waals surface area (Å²) in [7, 11) is 4.40. The van der Waals surface area contributed by atoms with E-state index in [-0.39, 0.29) is 35.9 Å². The third kappa shape index (κ3) is 8.14. The number of ether oxygens (including phenoxy) is 3. The van der Waals surface area contributed by atoms with Crippen molar-refractivity contribution in [3.63, 3.8) is 0 Å². The molecule has 3 aromatic heterocycles. The molecule has 14 heteroatoms. The summed E-state index contributed by atoms with van der Waals surface area (Å²) < 4.78 is 21.2. The highest BCUT2D eigenvalue weighted by atomic mass is 16.5. The molecular formula is C41H48N6O8. The Labute approximate surface area is 318 Å². The van der Waals surface area contributed by atoms with E-state index in [9.17, 15) is 24.3 Å². The number of aliphatic hydroxyl groups is 1. The summed E-state index contributed by atoms with van der Waals surface area (Å²) >= 11 is 0. The molecule has 3 saturated carbocycles. The van der Waals surface area contributed by atoms with Gasteiger partial charge in [-0.3, -0.25) is 19.0 Å². The number of hydrogen-bond donors (Lipinski definition) is 2. The lowest BCUT2D eigenvalue weighted by molar-refractivity contribution is -0.112. The lowest BCUT2D eigenvalue weighted by Gasteiger charge is -2.27. The lowest BCUT2D eigenvalue weighted by atomic mass is 9.87. The van der Waals surface area contributed by atoms with Crippen LogP contribution in [0.15, 0.2) is 59.8 Å². The first kappa shape index (κ1) is 37.8. The van der Waals surface area contributed by atoms with E-state index in [1.807, 2.05) is 21.8 Å². The maximum atomic E-state index is 13.1. The van der Waals surface area contributed by atoms with E-state index < -0.39 is 11.9 Å². The molecule has 3 aliphatic rings. The van der Waals surface area contributed by atoms with Crippen LogP contribution in [0.25, 0.3) is 21.8 Å². The monoisotopic (exact) mass is 752 g/mol. The second-order valence-corrected chi connectivity index (χ2v) is 14.8. The Morgan fingerprint density at radius 3 is 1.87 bits per heavy atom. The summed E-state index contributed by atoms with van der Waals surface area (Å²) in [4.78, 5) is 48.6. The van der Waals surface area contributed by atoms with Gasteiger partial charge in [0, 0.05) is 60.1 Å². The topological polar surface area (TPSA) is 169 Å². The number of aldehydes is 1. The standard InChI is InChI=1S/C24H26N4O4.C17H22N2O4/c1-32-22-12-21-16(13-28(26-21)18-6-4-15(14-29)5-7-18)11-19(22)23(30)25-20-3-2-10-27(24(20)31)17-8-9-17;1-22-16-8-15-12(7-14(16)17(21)23-2)9-19(18-15)13-5-3-11(10-20)4-6-13/h2-3,10-15,17-18H,4-9H2,1H3,(H,25,30);7-9,11,13,20H,3-6,10H2,1-2H3. The maximum absolute atomic E-state index is 13.1. The molecule has 0 radical (unpaired) electrons. The minimum Gasteiger partial charge on any atom is -0.496 e. The molecule has 0 bridgehead atoms. The maximum Gasteiger partial charge on any atom is 0.341 e. The minimum atomic E-state index is -0.417. The first-order valence-electron chi connectivity index (χ1n) is 19.0. The van der Waals surface area contributed by atoms with Crippen LogP contribution >= 0.6 is 0 Å². The molecule has 0 aliphatic heterocycles. The molecule has 55 heavy (non-hydrogen) atoms. The van der Waals surface area contributed by atoms with Gasteiger partial charge in [-0.2, -0.15) is 10.2 Å². The Hall–Kier alpha value is -5.50. The third-order valence-electron chi connectivity index (χ3n) is 11.3. The van der Waals surface area contributed by atoms with Crippen molar-refractivity contribution < 1.29 is 33.7 Å². The average molecular weight is 753 g/mol. The minimum absolute atomic E-state index is 0.147. The fourth-order valence-electron chi connectivity index (χ4n) is 7.83. The molecule has 3 fully saturated rings.